The number of Topliss-reactive ketones (excluding diaryl/α,β-unsaturated/α-hetero) is 1. The summed E-state index contributed by atoms with van der Waals surface area (Å²) < 4.78 is 0. The molecule has 0 saturated heterocycles. The van der Waals surface area contributed by atoms with E-state index in [0.29, 0.717) is 5.71 Å². The Balaban J connectivity index is 2.88. The van der Waals surface area contributed by atoms with E-state index in [9.17, 15) is 4.79 Å². The topological polar surface area (TPSA) is 58.9 Å². The van der Waals surface area contributed by atoms with Gasteiger partial charge in [-0.25, -0.2) is 4.89 Å². The summed E-state index contributed by atoms with van der Waals surface area (Å²) in [5, 5.41) is 8.54. The van der Waals surface area contributed by atoms with Gasteiger partial charge in [-0.15, -0.1) is 0 Å². The van der Waals surface area contributed by atoms with Gasteiger partial charge < -0.3 is 0 Å². The molecule has 1 atom stereocenters. The van der Waals surface area contributed by atoms with E-state index in [2.05, 4.69) is 9.88 Å². The molecule has 0 amide bonds. The molecule has 0 fully saturated rings. The Morgan fingerprint density at radius 2 is 1.93 bits per heavy atom. The summed E-state index contributed by atoms with van der Waals surface area (Å²) in [6.45, 7) is 2.97. The van der Waals surface area contributed by atoms with Gasteiger partial charge >= 0.3 is 0 Å². The van der Waals surface area contributed by atoms with Crippen molar-refractivity contribution in [3.05, 3.63) is 30.3 Å². The summed E-state index contributed by atoms with van der Waals surface area (Å²) in [6, 6.07) is 9.17. The number of nitrogens with zero attached hydrogens (tertiary/aromatic N) is 1. The van der Waals surface area contributed by atoms with E-state index >= 15 is 0 Å². The smallest absolute Gasteiger partial charge is 0.188 e. The van der Waals surface area contributed by atoms with Gasteiger partial charge in [-0.2, -0.15) is 0 Å². The van der Waals surface area contributed by atoms with Crippen LogP contribution in [0.5, 0.6) is 0 Å². The molecule has 0 spiro atoms. The lowest BCUT2D eigenvalue weighted by Gasteiger charge is -2.08. The Morgan fingerprint density at radius 3 is 2.40 bits per heavy atom. The van der Waals surface area contributed by atoms with Crippen LogP contribution in [-0.2, 0) is 9.68 Å². The molecule has 1 rings (SSSR count). The first-order valence-corrected chi connectivity index (χ1v) is 4.56. The normalized spacial score (nSPS) is 13.7. The highest BCUT2D eigenvalue weighted by atomic mass is 17.1. The molecule has 1 N–H and O–H groups in total. The third-order valence-electron chi connectivity index (χ3n) is 1.92. The van der Waals surface area contributed by atoms with Crippen LogP contribution >= 0.6 is 0 Å². The van der Waals surface area contributed by atoms with Gasteiger partial charge in [0.15, 0.2) is 11.9 Å². The van der Waals surface area contributed by atoms with Crippen LogP contribution in [-0.4, -0.2) is 22.9 Å². The summed E-state index contributed by atoms with van der Waals surface area (Å²) in [5.74, 6) is -0.283. The van der Waals surface area contributed by atoms with Crippen LogP contribution in [0.2, 0.25) is 0 Å². The molecular weight excluding hydrogens is 194 g/mol. The third-order valence-corrected chi connectivity index (χ3v) is 1.92. The third kappa shape index (κ3) is 3.27. The molecule has 80 valence electrons. The van der Waals surface area contributed by atoms with Crippen LogP contribution < -0.4 is 0 Å². The van der Waals surface area contributed by atoms with E-state index in [0.717, 1.165) is 5.69 Å². The summed E-state index contributed by atoms with van der Waals surface area (Å²) in [5.41, 5.74) is 1.15. The summed E-state index contributed by atoms with van der Waals surface area (Å²) in [4.78, 5) is 19.3. The average molecular weight is 207 g/mol. The van der Waals surface area contributed by atoms with Crippen molar-refractivity contribution in [3.8, 4) is 0 Å². The van der Waals surface area contributed by atoms with Crippen molar-refractivity contribution in [2.75, 3.05) is 0 Å². The lowest BCUT2D eigenvalue weighted by atomic mass is 10.1. The molecule has 0 aliphatic rings. The molecule has 1 aromatic rings. The predicted octanol–water partition coefficient (Wildman–Crippen LogP) is 2.23. The van der Waals surface area contributed by atoms with Gasteiger partial charge in [-0.05, 0) is 26.0 Å². The second kappa shape index (κ2) is 5.38. The zero-order valence-corrected chi connectivity index (χ0v) is 8.68. The Kier molecular flexibility index (Phi) is 4.15. The fourth-order valence-electron chi connectivity index (χ4n) is 1.21. The fourth-order valence-corrected chi connectivity index (χ4v) is 1.21. The van der Waals surface area contributed by atoms with Crippen molar-refractivity contribution in [2.45, 2.75) is 20.0 Å². The van der Waals surface area contributed by atoms with Crippen molar-refractivity contribution in [1.82, 2.24) is 0 Å². The SMILES string of the molecule is CC(=O)C(OO)C(C)=Nc1ccccc1. The molecule has 0 aromatic heterocycles. The molecule has 4 nitrogen and oxygen atoms in total. The Morgan fingerprint density at radius 1 is 1.33 bits per heavy atom. The van der Waals surface area contributed by atoms with E-state index < -0.39 is 6.10 Å². The van der Waals surface area contributed by atoms with Gasteiger partial charge in [0.2, 0.25) is 0 Å². The zero-order chi connectivity index (χ0) is 11.3. The van der Waals surface area contributed by atoms with Crippen molar-refractivity contribution in [2.24, 2.45) is 4.99 Å². The molecule has 0 aliphatic heterocycles. The summed E-state index contributed by atoms with van der Waals surface area (Å²) in [6.07, 6.45) is -0.981. The van der Waals surface area contributed by atoms with Crippen molar-refractivity contribution in [3.63, 3.8) is 0 Å². The minimum atomic E-state index is -0.981. The Labute approximate surface area is 88.2 Å². The molecule has 1 unspecified atom stereocenters. The minimum absolute atomic E-state index is 0.283. The van der Waals surface area contributed by atoms with Crippen molar-refractivity contribution < 1.29 is 14.9 Å². The van der Waals surface area contributed by atoms with Crippen LogP contribution in [0.25, 0.3) is 0 Å². The van der Waals surface area contributed by atoms with Gasteiger partial charge in [0.1, 0.15) is 0 Å². The van der Waals surface area contributed by atoms with Gasteiger partial charge in [0, 0.05) is 0 Å². The first-order valence-electron chi connectivity index (χ1n) is 4.56. The van der Waals surface area contributed by atoms with Crippen LogP contribution in [0.3, 0.4) is 0 Å². The summed E-state index contributed by atoms with van der Waals surface area (Å²) in [7, 11) is 0. The van der Waals surface area contributed by atoms with Crippen molar-refractivity contribution in [1.29, 1.82) is 0 Å². The number of carbonyl (C=O) groups excluding carboxylic acids is 1. The van der Waals surface area contributed by atoms with E-state index in [1.165, 1.54) is 6.92 Å². The number of ketones is 1. The number of carbonyl (C=O) groups is 1. The summed E-state index contributed by atoms with van der Waals surface area (Å²) >= 11 is 0. The zero-order valence-electron chi connectivity index (χ0n) is 8.68. The number of rotatable bonds is 4. The molecule has 4 heteroatoms. The second-order valence-electron chi connectivity index (χ2n) is 3.18. The maximum atomic E-state index is 11.0. The highest BCUT2D eigenvalue weighted by molar-refractivity contribution is 6.06. The quantitative estimate of drug-likeness (QED) is 0.468. The fraction of sp³-hybridized carbons (Fsp3) is 0.273. The molecular formula is C11H13NO3. The highest BCUT2D eigenvalue weighted by Crippen LogP contribution is 2.11. The van der Waals surface area contributed by atoms with E-state index in [-0.39, 0.29) is 5.78 Å². The van der Waals surface area contributed by atoms with E-state index in [1.54, 1.807) is 19.1 Å². The largest absolute Gasteiger partial charge is 0.296 e. The first-order chi connectivity index (χ1) is 7.15. The van der Waals surface area contributed by atoms with Crippen LogP contribution in [0, 0.1) is 0 Å². The Bertz CT molecular complexity index is 359. The highest BCUT2D eigenvalue weighted by Gasteiger charge is 2.18. The maximum absolute atomic E-state index is 11.0. The predicted molar refractivity (Wildman–Crippen MR) is 57.4 cm³/mol. The van der Waals surface area contributed by atoms with Gasteiger partial charge in [-0.3, -0.25) is 15.0 Å². The number of aliphatic imine (C=N–C) groups is 1. The number of hydrogen-bond donors (Lipinski definition) is 1. The van der Waals surface area contributed by atoms with Crippen molar-refractivity contribution >= 4 is 17.2 Å². The molecule has 1 aromatic carbocycles. The first kappa shape index (κ1) is 11.6. The molecule has 0 radical (unpaired) electrons. The van der Waals surface area contributed by atoms with Crippen LogP contribution in [0.15, 0.2) is 35.3 Å². The molecule has 0 bridgehead atoms. The monoisotopic (exact) mass is 207 g/mol. The number of para-hydroxylation sites is 1. The van der Waals surface area contributed by atoms with E-state index in [1.807, 2.05) is 18.2 Å². The molecule has 15 heavy (non-hydrogen) atoms. The second-order valence-corrected chi connectivity index (χ2v) is 3.18. The van der Waals surface area contributed by atoms with Gasteiger partial charge in [0.25, 0.3) is 0 Å². The van der Waals surface area contributed by atoms with Gasteiger partial charge in [-0.1, -0.05) is 18.2 Å². The maximum Gasteiger partial charge on any atom is 0.188 e. The number of hydrogen-bond acceptors (Lipinski definition) is 4. The van der Waals surface area contributed by atoms with E-state index in [4.69, 9.17) is 5.26 Å². The lowest BCUT2D eigenvalue weighted by molar-refractivity contribution is -0.254. The van der Waals surface area contributed by atoms with Crippen LogP contribution in [0.1, 0.15) is 13.8 Å². The molecule has 0 aliphatic carbocycles. The minimum Gasteiger partial charge on any atom is -0.296 e. The molecule has 0 heterocycles. The van der Waals surface area contributed by atoms with Gasteiger partial charge in [0.05, 0.1) is 11.4 Å². The molecule has 0 saturated carbocycles. The lowest BCUT2D eigenvalue weighted by Crippen LogP contribution is -2.28. The number of benzene rings is 1. The average Bonchev–Trinajstić information content (AvgIpc) is 2.19. The standard InChI is InChI=1S/C11H13NO3/c1-8(11(15-14)9(2)13)12-10-6-4-3-5-7-10/h3-7,11,14H,1-2H3. The van der Waals surface area contributed by atoms with Crippen LogP contribution in [0.4, 0.5) is 5.69 Å². The Hall–Kier alpha value is -1.52.